The van der Waals surface area contributed by atoms with Crippen molar-refractivity contribution in [2.24, 2.45) is 11.3 Å². The van der Waals surface area contributed by atoms with Crippen LogP contribution in [0.2, 0.25) is 0 Å². The monoisotopic (exact) mass is 380 g/mol. The lowest BCUT2D eigenvalue weighted by molar-refractivity contribution is -0.0365. The van der Waals surface area contributed by atoms with Crippen molar-refractivity contribution in [2.45, 2.75) is 25.8 Å². The van der Waals surface area contributed by atoms with Gasteiger partial charge in [0.05, 0.1) is 0 Å². The number of aliphatic hydroxyl groups excluding tert-OH is 1. The second-order valence-corrected chi connectivity index (χ2v) is 8.12. The van der Waals surface area contributed by atoms with Crippen LogP contribution in [0.4, 0.5) is 0 Å². The van der Waals surface area contributed by atoms with Crippen LogP contribution in [0, 0.1) is 11.3 Å². The molecule has 148 valence electrons. The topological polar surface area (TPSA) is 69.6 Å². The van der Waals surface area contributed by atoms with Gasteiger partial charge < -0.3 is 10.0 Å². The molecule has 0 unspecified atom stereocenters. The van der Waals surface area contributed by atoms with Gasteiger partial charge in [-0.2, -0.15) is 0 Å². The first-order chi connectivity index (χ1) is 13.7. The zero-order chi connectivity index (χ0) is 19.4. The predicted octanol–water partition coefficient (Wildman–Crippen LogP) is 2.21. The number of piperidine rings is 2. The van der Waals surface area contributed by atoms with E-state index < -0.39 is 0 Å². The summed E-state index contributed by atoms with van der Waals surface area (Å²) in [5.41, 5.74) is 2.07. The molecule has 0 saturated carbocycles. The van der Waals surface area contributed by atoms with Gasteiger partial charge in [-0.25, -0.2) is 0 Å². The Bertz CT molecular complexity index is 776. The lowest BCUT2D eigenvalue weighted by atomic mass is 9.64. The smallest absolute Gasteiger partial charge is 0.253 e. The second kappa shape index (κ2) is 8.37. The Morgan fingerprint density at radius 3 is 2.50 bits per heavy atom. The van der Waals surface area contributed by atoms with Crippen LogP contribution in [0.25, 0.3) is 0 Å². The third-order valence-corrected chi connectivity index (χ3v) is 6.60. The molecule has 4 heterocycles. The second-order valence-electron chi connectivity index (χ2n) is 8.12. The quantitative estimate of drug-likeness (QED) is 0.881. The SMILES string of the molecule is O=C(c1ccncc1)N1CCC2(CCN(Cc3cccnc3)CC2)[C@H](CO)C1. The summed E-state index contributed by atoms with van der Waals surface area (Å²) in [6, 6.07) is 7.63. The summed E-state index contributed by atoms with van der Waals surface area (Å²) in [7, 11) is 0. The number of hydrogen-bond donors (Lipinski definition) is 1. The normalized spacial score (nSPS) is 22.3. The summed E-state index contributed by atoms with van der Waals surface area (Å²) < 4.78 is 0. The maximum Gasteiger partial charge on any atom is 0.253 e. The molecule has 1 N–H and O–H groups in total. The molecule has 2 aliphatic rings. The van der Waals surface area contributed by atoms with Crippen LogP contribution in [0.1, 0.15) is 35.2 Å². The summed E-state index contributed by atoms with van der Waals surface area (Å²) >= 11 is 0. The first kappa shape index (κ1) is 19.0. The van der Waals surface area contributed by atoms with Crippen LogP contribution in [0.3, 0.4) is 0 Å². The molecule has 2 aromatic heterocycles. The molecule has 1 amide bonds. The maximum absolute atomic E-state index is 12.8. The summed E-state index contributed by atoms with van der Waals surface area (Å²) in [6.07, 6.45) is 10.2. The highest BCUT2D eigenvalue weighted by Crippen LogP contribution is 2.45. The molecular formula is C22H28N4O2. The number of nitrogens with zero attached hydrogens (tertiary/aromatic N) is 4. The van der Waals surface area contributed by atoms with Crippen molar-refractivity contribution < 1.29 is 9.90 Å². The van der Waals surface area contributed by atoms with Crippen molar-refractivity contribution in [3.63, 3.8) is 0 Å². The molecule has 6 heteroatoms. The molecule has 28 heavy (non-hydrogen) atoms. The average Bonchev–Trinajstić information content (AvgIpc) is 2.76. The molecule has 1 spiro atoms. The summed E-state index contributed by atoms with van der Waals surface area (Å²) in [5.74, 6) is 0.192. The fraction of sp³-hybridized carbons (Fsp3) is 0.500. The van der Waals surface area contributed by atoms with E-state index in [0.29, 0.717) is 12.1 Å². The zero-order valence-corrected chi connectivity index (χ0v) is 16.2. The van der Waals surface area contributed by atoms with Crippen molar-refractivity contribution in [3.05, 3.63) is 60.2 Å². The largest absolute Gasteiger partial charge is 0.396 e. The lowest BCUT2D eigenvalue weighted by Gasteiger charge is -2.51. The van der Waals surface area contributed by atoms with Crippen LogP contribution < -0.4 is 0 Å². The van der Waals surface area contributed by atoms with Crippen molar-refractivity contribution in [1.29, 1.82) is 0 Å². The number of pyridine rings is 2. The van der Waals surface area contributed by atoms with E-state index in [1.807, 2.05) is 23.4 Å². The van der Waals surface area contributed by atoms with Gasteiger partial charge in [-0.3, -0.25) is 19.7 Å². The van der Waals surface area contributed by atoms with Crippen LogP contribution in [0.15, 0.2) is 49.1 Å². The van der Waals surface area contributed by atoms with Crippen LogP contribution in [0.5, 0.6) is 0 Å². The predicted molar refractivity (Wildman–Crippen MR) is 107 cm³/mol. The zero-order valence-electron chi connectivity index (χ0n) is 16.2. The minimum absolute atomic E-state index is 0.0460. The number of aromatic nitrogens is 2. The number of aliphatic hydroxyl groups is 1. The third kappa shape index (κ3) is 3.93. The molecular weight excluding hydrogens is 352 g/mol. The molecule has 0 aliphatic carbocycles. The van der Waals surface area contributed by atoms with Gasteiger partial charge in [-0.15, -0.1) is 0 Å². The Kier molecular flexibility index (Phi) is 5.69. The highest BCUT2D eigenvalue weighted by atomic mass is 16.3. The van der Waals surface area contributed by atoms with Crippen LogP contribution in [-0.4, -0.2) is 63.6 Å². The van der Waals surface area contributed by atoms with Gasteiger partial charge in [0.2, 0.25) is 0 Å². The minimum atomic E-state index is 0.0460. The standard InChI is InChI=1S/C22H28N4O2/c27-17-20-16-26(21(28)19-3-9-23-10-4-19)13-7-22(20)5-11-25(12-6-22)15-18-2-1-8-24-14-18/h1-4,8-10,14,20,27H,5-7,11-13,15-17H2/t20-/m0/s1. The summed E-state index contributed by atoms with van der Waals surface area (Å²) in [5, 5.41) is 10.1. The molecule has 1 atom stereocenters. The Balaban J connectivity index is 1.38. The fourth-order valence-electron chi connectivity index (χ4n) is 4.79. The number of hydrogen-bond acceptors (Lipinski definition) is 5. The van der Waals surface area contributed by atoms with E-state index in [0.717, 1.165) is 45.4 Å². The van der Waals surface area contributed by atoms with Gasteiger partial charge in [0.15, 0.2) is 0 Å². The van der Waals surface area contributed by atoms with Crippen LogP contribution in [-0.2, 0) is 6.54 Å². The molecule has 0 aromatic carbocycles. The van der Waals surface area contributed by atoms with Gasteiger partial charge in [-0.05, 0) is 61.5 Å². The summed E-state index contributed by atoms with van der Waals surface area (Å²) in [6.45, 7) is 4.54. The highest BCUT2D eigenvalue weighted by Gasteiger charge is 2.45. The van der Waals surface area contributed by atoms with Gasteiger partial charge in [0.25, 0.3) is 5.91 Å². The van der Waals surface area contributed by atoms with E-state index in [1.54, 1.807) is 24.5 Å². The van der Waals surface area contributed by atoms with Crippen molar-refractivity contribution >= 4 is 5.91 Å². The molecule has 0 radical (unpaired) electrons. The van der Waals surface area contributed by atoms with E-state index in [1.165, 1.54) is 5.56 Å². The number of carbonyl (C=O) groups excluding carboxylic acids is 1. The van der Waals surface area contributed by atoms with Crippen molar-refractivity contribution in [1.82, 2.24) is 19.8 Å². The third-order valence-electron chi connectivity index (χ3n) is 6.60. The van der Waals surface area contributed by atoms with Crippen LogP contribution >= 0.6 is 0 Å². The number of carbonyl (C=O) groups is 1. The first-order valence-corrected chi connectivity index (χ1v) is 10.1. The van der Waals surface area contributed by atoms with Crippen molar-refractivity contribution in [3.8, 4) is 0 Å². The number of rotatable bonds is 4. The average molecular weight is 380 g/mol. The molecule has 6 nitrogen and oxygen atoms in total. The molecule has 2 fully saturated rings. The van der Waals surface area contributed by atoms with Gasteiger partial charge in [-0.1, -0.05) is 6.07 Å². The lowest BCUT2D eigenvalue weighted by Crippen LogP contribution is -2.54. The van der Waals surface area contributed by atoms with Gasteiger partial charge in [0, 0.05) is 62.5 Å². The van der Waals surface area contributed by atoms with Crippen molar-refractivity contribution in [2.75, 3.05) is 32.8 Å². The fourth-order valence-corrected chi connectivity index (χ4v) is 4.79. The maximum atomic E-state index is 12.8. The number of likely N-dealkylation sites (tertiary alicyclic amines) is 2. The molecule has 2 saturated heterocycles. The molecule has 0 bridgehead atoms. The van der Waals surface area contributed by atoms with Gasteiger partial charge >= 0.3 is 0 Å². The van der Waals surface area contributed by atoms with E-state index in [-0.39, 0.29) is 23.8 Å². The minimum Gasteiger partial charge on any atom is -0.396 e. The first-order valence-electron chi connectivity index (χ1n) is 10.1. The summed E-state index contributed by atoms with van der Waals surface area (Å²) in [4.78, 5) is 25.4. The van der Waals surface area contributed by atoms with Gasteiger partial charge in [0.1, 0.15) is 0 Å². The molecule has 4 rings (SSSR count). The Labute approximate surface area is 166 Å². The van der Waals surface area contributed by atoms with E-state index in [2.05, 4.69) is 20.9 Å². The molecule has 2 aliphatic heterocycles. The van der Waals surface area contributed by atoms with E-state index in [9.17, 15) is 9.90 Å². The molecule has 2 aromatic rings. The highest BCUT2D eigenvalue weighted by molar-refractivity contribution is 5.94. The Hall–Kier alpha value is -2.31. The Morgan fingerprint density at radius 1 is 1.07 bits per heavy atom. The van der Waals surface area contributed by atoms with E-state index >= 15 is 0 Å². The Morgan fingerprint density at radius 2 is 1.82 bits per heavy atom. The number of amides is 1. The van der Waals surface area contributed by atoms with E-state index in [4.69, 9.17) is 0 Å².